The minimum atomic E-state index is -3.61. The number of rotatable bonds is 6. The summed E-state index contributed by atoms with van der Waals surface area (Å²) in [5.74, 6) is -0.618. The molecular weight excluding hydrogens is 198 g/mol. The van der Waals surface area contributed by atoms with Crippen LogP contribution in [0.25, 0.3) is 0 Å². The number of nitrogens with one attached hydrogen (secondary N) is 1. The van der Waals surface area contributed by atoms with Gasteiger partial charge in [-0.25, -0.2) is 5.84 Å². The number of hydrogen-bond acceptors (Lipinski definition) is 4. The van der Waals surface area contributed by atoms with Crippen molar-refractivity contribution in [3.8, 4) is 0 Å². The third kappa shape index (κ3) is 4.45. The average Bonchev–Trinajstić information content (AvgIpc) is 2.14. The van der Waals surface area contributed by atoms with Gasteiger partial charge in [-0.15, -0.1) is 0 Å². The lowest BCUT2D eigenvalue weighted by Gasteiger charge is -2.17. The highest BCUT2D eigenvalue weighted by molar-refractivity contribution is 5.82. The van der Waals surface area contributed by atoms with E-state index in [-0.39, 0.29) is 6.61 Å². The minimum Gasteiger partial charge on any atom is -0.382 e. The van der Waals surface area contributed by atoms with E-state index < -0.39 is 24.5 Å². The van der Waals surface area contributed by atoms with Crippen molar-refractivity contribution >= 4 is 5.91 Å². The van der Waals surface area contributed by atoms with Gasteiger partial charge in [0.1, 0.15) is 6.61 Å². The number of nitrogens with two attached hydrogens (primary N) is 1. The number of carbonyl (C=O) groups excluding carboxylic acids is 1. The molecule has 0 aromatic heterocycles. The van der Waals surface area contributed by atoms with Gasteiger partial charge >= 0.3 is 11.8 Å². The molecular formula is C7H14F2N2O3. The fraction of sp³-hybridized carbons (Fsp3) is 0.857. The zero-order chi connectivity index (χ0) is 11.2. The fourth-order valence-electron chi connectivity index (χ4n) is 0.701. The van der Waals surface area contributed by atoms with Crippen molar-refractivity contribution in [2.75, 3.05) is 20.3 Å². The summed E-state index contributed by atoms with van der Waals surface area (Å²) in [6.45, 7) is 0.723. The largest absolute Gasteiger partial charge is 0.382 e. The van der Waals surface area contributed by atoms with E-state index in [9.17, 15) is 13.6 Å². The van der Waals surface area contributed by atoms with Crippen LogP contribution < -0.4 is 11.3 Å². The molecule has 0 aromatic rings. The van der Waals surface area contributed by atoms with E-state index in [1.165, 1.54) is 12.5 Å². The molecule has 0 spiro atoms. The first-order chi connectivity index (χ1) is 6.44. The summed E-state index contributed by atoms with van der Waals surface area (Å²) < 4.78 is 34.9. The Morgan fingerprint density at radius 3 is 2.64 bits per heavy atom. The maximum absolute atomic E-state index is 12.8. The molecule has 0 aliphatic rings. The van der Waals surface area contributed by atoms with Crippen molar-refractivity contribution in [1.82, 2.24) is 5.43 Å². The van der Waals surface area contributed by atoms with Crippen LogP contribution in [0.5, 0.6) is 0 Å². The first-order valence-electron chi connectivity index (χ1n) is 3.93. The second kappa shape index (κ2) is 5.84. The van der Waals surface area contributed by atoms with Crippen LogP contribution in [-0.2, 0) is 14.3 Å². The Kier molecular flexibility index (Phi) is 5.51. The van der Waals surface area contributed by atoms with Gasteiger partial charge in [0.25, 0.3) is 0 Å². The monoisotopic (exact) mass is 212 g/mol. The topological polar surface area (TPSA) is 73.6 Å². The fourth-order valence-corrected chi connectivity index (χ4v) is 0.701. The van der Waals surface area contributed by atoms with Crippen LogP contribution in [-0.4, -0.2) is 38.3 Å². The Balaban J connectivity index is 3.92. The molecule has 0 rings (SSSR count). The van der Waals surface area contributed by atoms with Crippen LogP contribution in [0.15, 0.2) is 0 Å². The average molecular weight is 212 g/mol. The Morgan fingerprint density at radius 2 is 2.21 bits per heavy atom. The van der Waals surface area contributed by atoms with Crippen molar-refractivity contribution in [2.45, 2.75) is 19.0 Å². The highest BCUT2D eigenvalue weighted by Gasteiger charge is 2.39. The molecule has 1 atom stereocenters. The quantitative estimate of drug-likeness (QED) is 0.359. The smallest absolute Gasteiger partial charge is 0.348 e. The Bertz CT molecular complexity index is 190. The standard InChI is InChI=1S/C7H14F2N2O3/c1-5(3-13-2)14-4-7(8,9)6(12)11-10/h5H,3-4,10H2,1-2H3,(H,11,12). The van der Waals surface area contributed by atoms with E-state index in [0.29, 0.717) is 0 Å². The van der Waals surface area contributed by atoms with Crippen molar-refractivity contribution < 1.29 is 23.0 Å². The third-order valence-corrected chi connectivity index (χ3v) is 1.41. The molecule has 7 heteroatoms. The van der Waals surface area contributed by atoms with Gasteiger partial charge in [-0.3, -0.25) is 10.2 Å². The first kappa shape index (κ1) is 13.2. The van der Waals surface area contributed by atoms with E-state index in [1.807, 2.05) is 0 Å². The normalized spacial score (nSPS) is 13.8. The zero-order valence-electron chi connectivity index (χ0n) is 8.05. The van der Waals surface area contributed by atoms with Crippen LogP contribution in [0, 0.1) is 0 Å². The Labute approximate surface area is 80.5 Å². The number of carbonyl (C=O) groups is 1. The van der Waals surface area contributed by atoms with Crippen LogP contribution in [0.2, 0.25) is 0 Å². The molecule has 1 amide bonds. The van der Waals surface area contributed by atoms with Gasteiger partial charge in [-0.05, 0) is 6.92 Å². The summed E-state index contributed by atoms with van der Waals surface area (Å²) in [5, 5.41) is 0. The van der Waals surface area contributed by atoms with Gasteiger partial charge in [0.2, 0.25) is 0 Å². The maximum atomic E-state index is 12.8. The molecule has 0 aromatic carbocycles. The molecule has 14 heavy (non-hydrogen) atoms. The van der Waals surface area contributed by atoms with Gasteiger partial charge in [0.15, 0.2) is 0 Å². The summed E-state index contributed by atoms with van der Waals surface area (Å²) in [4.78, 5) is 10.5. The zero-order valence-corrected chi connectivity index (χ0v) is 8.05. The van der Waals surface area contributed by atoms with E-state index in [0.717, 1.165) is 0 Å². The van der Waals surface area contributed by atoms with E-state index >= 15 is 0 Å². The molecule has 1 unspecified atom stereocenters. The molecule has 0 saturated carbocycles. The van der Waals surface area contributed by atoms with Gasteiger partial charge in [-0.1, -0.05) is 0 Å². The van der Waals surface area contributed by atoms with Crippen LogP contribution in [0.1, 0.15) is 6.92 Å². The molecule has 84 valence electrons. The molecule has 0 heterocycles. The van der Waals surface area contributed by atoms with E-state index in [1.54, 1.807) is 6.92 Å². The van der Waals surface area contributed by atoms with Crippen molar-refractivity contribution in [1.29, 1.82) is 0 Å². The number of halogens is 2. The van der Waals surface area contributed by atoms with Crippen LogP contribution in [0.4, 0.5) is 8.78 Å². The number of hydrogen-bond donors (Lipinski definition) is 2. The van der Waals surface area contributed by atoms with E-state index in [4.69, 9.17) is 0 Å². The van der Waals surface area contributed by atoms with Crippen LogP contribution >= 0.6 is 0 Å². The summed E-state index contributed by atoms with van der Waals surface area (Å²) in [6, 6.07) is 0. The molecule has 0 fully saturated rings. The molecule has 3 N–H and O–H groups in total. The second-order valence-electron chi connectivity index (χ2n) is 2.75. The minimum absolute atomic E-state index is 0.181. The third-order valence-electron chi connectivity index (χ3n) is 1.41. The molecule has 5 nitrogen and oxygen atoms in total. The highest BCUT2D eigenvalue weighted by Crippen LogP contribution is 2.14. The second-order valence-corrected chi connectivity index (χ2v) is 2.75. The number of amides is 1. The van der Waals surface area contributed by atoms with Gasteiger partial charge < -0.3 is 9.47 Å². The SMILES string of the molecule is COCC(C)OCC(F)(F)C(=O)NN. The molecule has 0 saturated heterocycles. The number of hydrazine groups is 1. The summed E-state index contributed by atoms with van der Waals surface area (Å²) >= 11 is 0. The summed E-state index contributed by atoms with van der Waals surface area (Å²) in [7, 11) is 1.42. The number of ether oxygens (including phenoxy) is 2. The number of methoxy groups -OCH3 is 1. The summed E-state index contributed by atoms with van der Waals surface area (Å²) in [5.41, 5.74) is 1.36. The predicted octanol–water partition coefficient (Wildman–Crippen LogP) is -0.337. The molecule has 0 aliphatic heterocycles. The predicted molar refractivity (Wildman–Crippen MR) is 44.6 cm³/mol. The Morgan fingerprint density at radius 1 is 1.64 bits per heavy atom. The number of alkyl halides is 2. The van der Waals surface area contributed by atoms with Gasteiger partial charge in [0, 0.05) is 7.11 Å². The van der Waals surface area contributed by atoms with Crippen molar-refractivity contribution in [3.63, 3.8) is 0 Å². The Hall–Kier alpha value is -0.790. The maximum Gasteiger partial charge on any atom is 0.348 e. The van der Waals surface area contributed by atoms with Crippen LogP contribution in [0.3, 0.4) is 0 Å². The lowest BCUT2D eigenvalue weighted by Crippen LogP contribution is -2.47. The van der Waals surface area contributed by atoms with Gasteiger partial charge in [0.05, 0.1) is 12.7 Å². The molecule has 0 aliphatic carbocycles. The van der Waals surface area contributed by atoms with Crippen molar-refractivity contribution in [2.24, 2.45) is 5.84 Å². The summed E-state index contributed by atoms with van der Waals surface area (Å²) in [6.07, 6.45) is -0.503. The lowest BCUT2D eigenvalue weighted by atomic mass is 10.3. The lowest BCUT2D eigenvalue weighted by molar-refractivity contribution is -0.159. The highest BCUT2D eigenvalue weighted by atomic mass is 19.3. The first-order valence-corrected chi connectivity index (χ1v) is 3.93. The van der Waals surface area contributed by atoms with Crippen molar-refractivity contribution in [3.05, 3.63) is 0 Å². The molecule has 0 bridgehead atoms. The van der Waals surface area contributed by atoms with E-state index in [2.05, 4.69) is 15.3 Å². The van der Waals surface area contributed by atoms with Gasteiger partial charge in [-0.2, -0.15) is 8.78 Å². The molecule has 0 radical (unpaired) electrons.